The largest absolute Gasteiger partial charge is 0.452 e. The van der Waals surface area contributed by atoms with Crippen molar-refractivity contribution in [3.05, 3.63) is 0 Å². The van der Waals surface area contributed by atoms with E-state index >= 15 is 0 Å². The van der Waals surface area contributed by atoms with Gasteiger partial charge in [-0.05, 0) is 12.8 Å². The second-order valence-electron chi connectivity index (χ2n) is 4.68. The van der Waals surface area contributed by atoms with Gasteiger partial charge in [-0.1, -0.05) is 30.8 Å². The molecule has 20 heavy (non-hydrogen) atoms. The number of amides is 1. The third-order valence-corrected chi connectivity index (χ3v) is 4.38. The highest BCUT2D eigenvalue weighted by molar-refractivity contribution is 7.88. The molecule has 0 radical (unpaired) electrons. The molecule has 1 fully saturated rings. The number of carbonyl (C=O) groups is 1. The molecule has 1 amide bonds. The monoisotopic (exact) mass is 308 g/mol. The van der Waals surface area contributed by atoms with Crippen LogP contribution in [0.15, 0.2) is 5.16 Å². The first kappa shape index (κ1) is 16.5. The quantitative estimate of drug-likeness (QED) is 0.189. The van der Waals surface area contributed by atoms with E-state index in [0.29, 0.717) is 12.8 Å². The van der Waals surface area contributed by atoms with E-state index in [-0.39, 0.29) is 5.84 Å². The molecule has 0 spiro atoms. The lowest BCUT2D eigenvalue weighted by Crippen LogP contribution is -2.60. The Bertz CT molecular complexity index is 468. The molecule has 5 N–H and O–H groups in total. The van der Waals surface area contributed by atoms with Crippen molar-refractivity contribution < 1.29 is 23.2 Å². The zero-order chi connectivity index (χ0) is 15.2. The topological polar surface area (TPSA) is 143 Å². The predicted molar refractivity (Wildman–Crippen MR) is 71.4 cm³/mol. The summed E-state index contributed by atoms with van der Waals surface area (Å²) in [4.78, 5) is 11.0. The van der Waals surface area contributed by atoms with Crippen molar-refractivity contribution in [1.82, 2.24) is 9.44 Å². The smallest absolute Gasteiger partial charge is 0.421 e. The summed E-state index contributed by atoms with van der Waals surface area (Å²) in [6.45, 7) is 0. The Morgan fingerprint density at radius 3 is 2.30 bits per heavy atom. The first-order chi connectivity index (χ1) is 9.35. The molecular weight excluding hydrogens is 288 g/mol. The molecule has 0 aromatic rings. The number of ether oxygens (including phenoxy) is 1. The van der Waals surface area contributed by atoms with Crippen LogP contribution in [0.1, 0.15) is 38.5 Å². The van der Waals surface area contributed by atoms with E-state index < -0.39 is 21.8 Å². The fourth-order valence-electron chi connectivity index (χ4n) is 2.27. The minimum Gasteiger partial charge on any atom is -0.452 e. The summed E-state index contributed by atoms with van der Waals surface area (Å²) in [5.41, 5.74) is 4.46. The van der Waals surface area contributed by atoms with E-state index in [1.54, 1.807) is 4.72 Å². The van der Waals surface area contributed by atoms with Gasteiger partial charge >= 0.3 is 16.3 Å². The SMILES string of the molecule is COC(=O)NS(=O)(=O)NC1(C(N)=NO)CCCCCC1. The highest BCUT2D eigenvalue weighted by Crippen LogP contribution is 2.28. The van der Waals surface area contributed by atoms with Gasteiger partial charge in [0.1, 0.15) is 0 Å². The summed E-state index contributed by atoms with van der Waals surface area (Å²) in [5.74, 6) is -0.213. The van der Waals surface area contributed by atoms with Gasteiger partial charge in [0, 0.05) is 0 Å². The maximum absolute atomic E-state index is 11.9. The molecule has 1 aliphatic carbocycles. The first-order valence-electron chi connectivity index (χ1n) is 6.23. The summed E-state index contributed by atoms with van der Waals surface area (Å²) in [7, 11) is -3.12. The van der Waals surface area contributed by atoms with Crippen molar-refractivity contribution in [3.63, 3.8) is 0 Å². The van der Waals surface area contributed by atoms with Crippen molar-refractivity contribution in [1.29, 1.82) is 0 Å². The Labute approximate surface area is 117 Å². The van der Waals surface area contributed by atoms with E-state index in [0.717, 1.165) is 32.8 Å². The summed E-state index contributed by atoms with van der Waals surface area (Å²) in [6.07, 6.45) is 3.02. The average Bonchev–Trinajstić information content (AvgIpc) is 2.62. The van der Waals surface area contributed by atoms with Crippen molar-refractivity contribution >= 4 is 22.1 Å². The molecule has 0 saturated heterocycles. The van der Waals surface area contributed by atoms with Crippen molar-refractivity contribution in [2.75, 3.05) is 7.11 Å². The Morgan fingerprint density at radius 2 is 1.85 bits per heavy atom. The van der Waals surface area contributed by atoms with Gasteiger partial charge < -0.3 is 15.7 Å². The van der Waals surface area contributed by atoms with Gasteiger partial charge in [-0.25, -0.2) is 9.52 Å². The van der Waals surface area contributed by atoms with Crippen LogP contribution in [0.3, 0.4) is 0 Å². The third-order valence-electron chi connectivity index (χ3n) is 3.29. The Kier molecular flexibility index (Phi) is 5.57. The zero-order valence-corrected chi connectivity index (χ0v) is 12.1. The summed E-state index contributed by atoms with van der Waals surface area (Å²) >= 11 is 0. The zero-order valence-electron chi connectivity index (χ0n) is 11.3. The van der Waals surface area contributed by atoms with Crippen LogP contribution in [0.25, 0.3) is 0 Å². The van der Waals surface area contributed by atoms with Gasteiger partial charge in [-0.2, -0.15) is 13.1 Å². The molecule has 0 heterocycles. The number of nitrogens with one attached hydrogen (secondary N) is 2. The van der Waals surface area contributed by atoms with Crippen LogP contribution in [-0.2, 0) is 14.9 Å². The molecule has 0 bridgehead atoms. The van der Waals surface area contributed by atoms with Crippen LogP contribution < -0.4 is 15.2 Å². The molecule has 116 valence electrons. The fraction of sp³-hybridized carbons (Fsp3) is 0.800. The molecule has 1 saturated carbocycles. The lowest BCUT2D eigenvalue weighted by atomic mass is 9.90. The van der Waals surface area contributed by atoms with Crippen molar-refractivity contribution in [2.45, 2.75) is 44.1 Å². The summed E-state index contributed by atoms with van der Waals surface area (Å²) < 4.78 is 32.0. The number of nitrogens with two attached hydrogens (primary N) is 1. The lowest BCUT2D eigenvalue weighted by molar-refractivity contribution is 0.177. The average molecular weight is 308 g/mol. The lowest BCUT2D eigenvalue weighted by Gasteiger charge is -2.31. The van der Waals surface area contributed by atoms with Crippen LogP contribution in [0.5, 0.6) is 0 Å². The highest BCUT2D eigenvalue weighted by atomic mass is 32.2. The standard InChI is InChI=1S/C10H20N4O5S/c1-19-9(15)13-20(17,18)14-10(8(11)12-16)6-4-2-3-5-7-10/h14,16H,2-7H2,1H3,(H2,11,12)(H,13,15). The summed E-state index contributed by atoms with van der Waals surface area (Å²) in [5, 5.41) is 11.8. The minimum absolute atomic E-state index is 0.213. The van der Waals surface area contributed by atoms with E-state index in [1.165, 1.54) is 0 Å². The molecule has 0 atom stereocenters. The number of carbonyl (C=O) groups excluding carboxylic acids is 1. The number of methoxy groups -OCH3 is 1. The van der Waals surface area contributed by atoms with Crippen molar-refractivity contribution in [3.8, 4) is 0 Å². The second kappa shape index (κ2) is 6.75. The Hall–Kier alpha value is -1.55. The molecule has 9 nitrogen and oxygen atoms in total. The molecule has 0 aromatic heterocycles. The van der Waals surface area contributed by atoms with Gasteiger partial charge in [0.2, 0.25) is 0 Å². The molecule has 10 heteroatoms. The Balaban J connectivity index is 2.98. The van der Waals surface area contributed by atoms with Crippen LogP contribution in [0.4, 0.5) is 4.79 Å². The molecule has 1 aliphatic rings. The Morgan fingerprint density at radius 1 is 1.30 bits per heavy atom. The third kappa shape index (κ3) is 4.23. The number of oxime groups is 1. The molecule has 0 aliphatic heterocycles. The van der Waals surface area contributed by atoms with Gasteiger partial charge in [-0.3, -0.25) is 0 Å². The highest BCUT2D eigenvalue weighted by Gasteiger charge is 2.39. The maximum Gasteiger partial charge on any atom is 0.421 e. The van der Waals surface area contributed by atoms with Crippen LogP contribution in [-0.4, -0.2) is 38.2 Å². The maximum atomic E-state index is 11.9. The number of nitrogens with zero attached hydrogens (tertiary/aromatic N) is 1. The number of amidine groups is 1. The van der Waals surface area contributed by atoms with Crippen LogP contribution in [0, 0.1) is 0 Å². The number of rotatable bonds is 4. The van der Waals surface area contributed by atoms with E-state index in [1.807, 2.05) is 0 Å². The number of hydrogen-bond donors (Lipinski definition) is 4. The van der Waals surface area contributed by atoms with E-state index in [4.69, 9.17) is 10.9 Å². The van der Waals surface area contributed by atoms with E-state index in [2.05, 4.69) is 14.6 Å². The van der Waals surface area contributed by atoms with Gasteiger partial charge in [0.05, 0.1) is 12.6 Å². The predicted octanol–water partition coefficient (Wildman–Crippen LogP) is 0.0162. The van der Waals surface area contributed by atoms with Crippen LogP contribution in [0.2, 0.25) is 0 Å². The van der Waals surface area contributed by atoms with E-state index in [9.17, 15) is 13.2 Å². The van der Waals surface area contributed by atoms with Gasteiger partial charge in [0.25, 0.3) is 0 Å². The van der Waals surface area contributed by atoms with Gasteiger partial charge in [-0.15, -0.1) is 0 Å². The molecule has 0 aromatic carbocycles. The van der Waals surface area contributed by atoms with Gasteiger partial charge in [0.15, 0.2) is 5.84 Å². The second-order valence-corrected chi connectivity index (χ2v) is 6.10. The molecule has 0 unspecified atom stereocenters. The minimum atomic E-state index is -4.17. The summed E-state index contributed by atoms with van der Waals surface area (Å²) in [6, 6.07) is 0. The van der Waals surface area contributed by atoms with Crippen LogP contribution >= 0.6 is 0 Å². The molecular formula is C10H20N4O5S. The normalized spacial score (nSPS) is 19.9. The fourth-order valence-corrected chi connectivity index (χ4v) is 3.45. The number of hydrogen-bond acceptors (Lipinski definition) is 6. The first-order valence-corrected chi connectivity index (χ1v) is 7.71. The van der Waals surface area contributed by atoms with Crippen molar-refractivity contribution in [2.24, 2.45) is 10.9 Å². The molecule has 1 rings (SSSR count).